The SMILES string of the molecule is O=C(CCNc1ccc(Cl)c(Cl)c1)NC1CCCC1. The van der Waals surface area contributed by atoms with Gasteiger partial charge in [0, 0.05) is 24.7 Å². The smallest absolute Gasteiger partial charge is 0.221 e. The summed E-state index contributed by atoms with van der Waals surface area (Å²) in [6, 6.07) is 5.74. The Balaban J connectivity index is 1.70. The maximum absolute atomic E-state index is 11.7. The van der Waals surface area contributed by atoms with Gasteiger partial charge in [-0.15, -0.1) is 0 Å². The number of nitrogens with one attached hydrogen (secondary N) is 2. The van der Waals surface area contributed by atoms with Crippen LogP contribution in [-0.2, 0) is 4.79 Å². The Labute approximate surface area is 123 Å². The third-order valence-corrected chi connectivity index (χ3v) is 4.06. The summed E-state index contributed by atoms with van der Waals surface area (Å²) in [7, 11) is 0. The largest absolute Gasteiger partial charge is 0.384 e. The lowest BCUT2D eigenvalue weighted by Gasteiger charge is -2.12. The van der Waals surface area contributed by atoms with E-state index in [-0.39, 0.29) is 5.91 Å². The first-order chi connectivity index (χ1) is 9.15. The molecule has 0 spiro atoms. The predicted octanol–water partition coefficient (Wildman–Crippen LogP) is 3.85. The predicted molar refractivity (Wildman–Crippen MR) is 80.0 cm³/mol. The molecule has 2 rings (SSSR count). The van der Waals surface area contributed by atoms with Crippen LogP contribution in [0.4, 0.5) is 5.69 Å². The fourth-order valence-corrected chi connectivity index (χ4v) is 2.59. The van der Waals surface area contributed by atoms with Crippen molar-refractivity contribution in [2.75, 3.05) is 11.9 Å². The lowest BCUT2D eigenvalue weighted by atomic mass is 10.2. The van der Waals surface area contributed by atoms with Crippen molar-refractivity contribution >= 4 is 34.8 Å². The van der Waals surface area contributed by atoms with Crippen molar-refractivity contribution in [2.45, 2.75) is 38.1 Å². The molecule has 1 fully saturated rings. The highest BCUT2D eigenvalue weighted by Crippen LogP contribution is 2.24. The Hall–Kier alpha value is -0.930. The van der Waals surface area contributed by atoms with Crippen molar-refractivity contribution in [1.29, 1.82) is 0 Å². The van der Waals surface area contributed by atoms with Gasteiger partial charge in [0.05, 0.1) is 10.0 Å². The molecule has 1 aromatic rings. The number of amides is 1. The lowest BCUT2D eigenvalue weighted by Crippen LogP contribution is -2.33. The summed E-state index contributed by atoms with van der Waals surface area (Å²) < 4.78 is 0. The van der Waals surface area contributed by atoms with Crippen molar-refractivity contribution in [2.24, 2.45) is 0 Å². The van der Waals surface area contributed by atoms with Crippen LogP contribution >= 0.6 is 23.2 Å². The molecule has 1 saturated carbocycles. The first-order valence-electron chi connectivity index (χ1n) is 6.63. The lowest BCUT2D eigenvalue weighted by molar-refractivity contribution is -0.121. The molecule has 5 heteroatoms. The summed E-state index contributed by atoms with van der Waals surface area (Å²) in [5, 5.41) is 7.27. The van der Waals surface area contributed by atoms with E-state index in [0.717, 1.165) is 18.5 Å². The van der Waals surface area contributed by atoms with Gasteiger partial charge in [-0.1, -0.05) is 36.0 Å². The van der Waals surface area contributed by atoms with Crippen LogP contribution in [0.5, 0.6) is 0 Å². The first-order valence-corrected chi connectivity index (χ1v) is 7.39. The molecule has 0 unspecified atom stereocenters. The Morgan fingerprint density at radius 2 is 1.95 bits per heavy atom. The molecule has 2 N–H and O–H groups in total. The number of rotatable bonds is 5. The molecule has 0 aliphatic heterocycles. The minimum atomic E-state index is 0.111. The van der Waals surface area contributed by atoms with Gasteiger partial charge in [0.1, 0.15) is 0 Å². The van der Waals surface area contributed by atoms with Crippen LogP contribution < -0.4 is 10.6 Å². The van der Waals surface area contributed by atoms with Gasteiger partial charge in [0.15, 0.2) is 0 Å². The second kappa shape index (κ2) is 7.01. The molecular weight excluding hydrogens is 283 g/mol. The molecule has 1 aliphatic carbocycles. The van der Waals surface area contributed by atoms with Gasteiger partial charge in [-0.25, -0.2) is 0 Å². The normalized spacial score (nSPS) is 15.5. The maximum atomic E-state index is 11.7. The summed E-state index contributed by atoms with van der Waals surface area (Å²) in [6.07, 6.45) is 5.16. The van der Waals surface area contributed by atoms with Crippen LogP contribution in [0.15, 0.2) is 18.2 Å². The van der Waals surface area contributed by atoms with Crippen molar-refractivity contribution in [3.8, 4) is 0 Å². The molecule has 19 heavy (non-hydrogen) atoms. The number of halogens is 2. The van der Waals surface area contributed by atoms with Gasteiger partial charge in [-0.05, 0) is 31.0 Å². The highest BCUT2D eigenvalue weighted by Gasteiger charge is 2.16. The molecule has 1 aromatic carbocycles. The summed E-state index contributed by atoms with van der Waals surface area (Å²) >= 11 is 11.8. The van der Waals surface area contributed by atoms with E-state index in [9.17, 15) is 4.79 Å². The van der Waals surface area contributed by atoms with Crippen LogP contribution in [0, 0.1) is 0 Å². The van der Waals surface area contributed by atoms with Crippen molar-refractivity contribution in [3.63, 3.8) is 0 Å². The molecule has 3 nitrogen and oxygen atoms in total. The molecule has 104 valence electrons. The fraction of sp³-hybridized carbons (Fsp3) is 0.500. The van der Waals surface area contributed by atoms with E-state index in [0.29, 0.717) is 29.1 Å². The molecule has 0 atom stereocenters. The van der Waals surface area contributed by atoms with Gasteiger partial charge in [0.25, 0.3) is 0 Å². The average molecular weight is 301 g/mol. The van der Waals surface area contributed by atoms with Gasteiger partial charge < -0.3 is 10.6 Å². The second-order valence-corrected chi connectivity index (χ2v) is 5.67. The zero-order valence-corrected chi connectivity index (χ0v) is 12.2. The maximum Gasteiger partial charge on any atom is 0.221 e. The Kier molecular flexibility index (Phi) is 5.34. The first kappa shape index (κ1) is 14.5. The topological polar surface area (TPSA) is 41.1 Å². The van der Waals surface area contributed by atoms with Crippen LogP contribution in [0.3, 0.4) is 0 Å². The number of benzene rings is 1. The van der Waals surface area contributed by atoms with Gasteiger partial charge in [-0.2, -0.15) is 0 Å². The highest BCUT2D eigenvalue weighted by atomic mass is 35.5. The number of hydrogen-bond acceptors (Lipinski definition) is 2. The van der Waals surface area contributed by atoms with E-state index in [1.165, 1.54) is 12.8 Å². The number of anilines is 1. The van der Waals surface area contributed by atoms with Crippen LogP contribution in [0.25, 0.3) is 0 Å². The Morgan fingerprint density at radius 3 is 2.63 bits per heavy atom. The zero-order chi connectivity index (χ0) is 13.7. The molecule has 0 saturated heterocycles. The minimum Gasteiger partial charge on any atom is -0.384 e. The standard InChI is InChI=1S/C14H18Cl2N2O/c15-12-6-5-11(9-13(12)16)17-8-7-14(19)18-10-3-1-2-4-10/h5-6,9-10,17H,1-4,7-8H2,(H,18,19). The van der Waals surface area contributed by atoms with E-state index in [1.54, 1.807) is 12.1 Å². The van der Waals surface area contributed by atoms with Gasteiger partial charge in [0.2, 0.25) is 5.91 Å². The van der Waals surface area contributed by atoms with Crippen molar-refractivity contribution < 1.29 is 4.79 Å². The third kappa shape index (κ3) is 4.59. The van der Waals surface area contributed by atoms with Crippen molar-refractivity contribution in [3.05, 3.63) is 28.2 Å². The molecule has 1 aliphatic rings. The molecule has 1 amide bonds. The fourth-order valence-electron chi connectivity index (χ4n) is 2.30. The van der Waals surface area contributed by atoms with Crippen LogP contribution in [0.1, 0.15) is 32.1 Å². The summed E-state index contributed by atoms with van der Waals surface area (Å²) in [5.74, 6) is 0.111. The number of carbonyl (C=O) groups excluding carboxylic acids is 1. The Morgan fingerprint density at radius 1 is 1.21 bits per heavy atom. The van der Waals surface area contributed by atoms with E-state index in [2.05, 4.69) is 10.6 Å². The van der Waals surface area contributed by atoms with E-state index in [4.69, 9.17) is 23.2 Å². The molecule has 0 radical (unpaired) electrons. The third-order valence-electron chi connectivity index (χ3n) is 3.32. The van der Waals surface area contributed by atoms with E-state index in [1.807, 2.05) is 6.07 Å². The minimum absolute atomic E-state index is 0.111. The molecule has 0 bridgehead atoms. The van der Waals surface area contributed by atoms with Crippen LogP contribution in [0.2, 0.25) is 10.0 Å². The van der Waals surface area contributed by atoms with Crippen LogP contribution in [-0.4, -0.2) is 18.5 Å². The molecule has 0 aromatic heterocycles. The summed E-state index contributed by atoms with van der Waals surface area (Å²) in [5.41, 5.74) is 0.878. The average Bonchev–Trinajstić information content (AvgIpc) is 2.86. The zero-order valence-electron chi connectivity index (χ0n) is 10.7. The van der Waals surface area contributed by atoms with Gasteiger partial charge in [-0.3, -0.25) is 4.79 Å². The quantitative estimate of drug-likeness (QED) is 0.867. The number of hydrogen-bond donors (Lipinski definition) is 2. The monoisotopic (exact) mass is 300 g/mol. The van der Waals surface area contributed by atoms with Gasteiger partial charge >= 0.3 is 0 Å². The highest BCUT2D eigenvalue weighted by molar-refractivity contribution is 6.42. The summed E-state index contributed by atoms with van der Waals surface area (Å²) in [4.78, 5) is 11.7. The molecule has 0 heterocycles. The van der Waals surface area contributed by atoms with Crippen molar-refractivity contribution in [1.82, 2.24) is 5.32 Å². The molecular formula is C14H18Cl2N2O. The second-order valence-electron chi connectivity index (χ2n) is 4.85. The van der Waals surface area contributed by atoms with E-state index >= 15 is 0 Å². The summed E-state index contributed by atoms with van der Waals surface area (Å²) in [6.45, 7) is 0.594. The Bertz CT molecular complexity index is 445. The van der Waals surface area contributed by atoms with E-state index < -0.39 is 0 Å². The number of carbonyl (C=O) groups is 1.